The van der Waals surface area contributed by atoms with Crippen molar-refractivity contribution in [3.05, 3.63) is 11.0 Å². The molecule has 1 nitrogen and oxygen atoms in total. The van der Waals surface area contributed by atoms with Gasteiger partial charge in [0.25, 0.3) is 0 Å². The molecule has 0 spiro atoms. The Morgan fingerprint density at radius 3 is 2.43 bits per heavy atom. The van der Waals surface area contributed by atoms with Gasteiger partial charge in [-0.1, -0.05) is 17.8 Å². The molecule has 7 heavy (non-hydrogen) atoms. The maximum atomic E-state index is 6.63. The third-order valence-electron chi connectivity index (χ3n) is 0.651. The maximum Gasteiger partial charge on any atom is 0.0551 e. The van der Waals surface area contributed by atoms with Gasteiger partial charge >= 0.3 is 0 Å². The van der Waals surface area contributed by atoms with E-state index in [0.717, 1.165) is 0 Å². The number of nitrogens with one attached hydrogen (secondary N) is 1. The van der Waals surface area contributed by atoms with E-state index in [9.17, 15) is 0 Å². The van der Waals surface area contributed by atoms with Gasteiger partial charge in [-0.15, -0.1) is 0 Å². The fraction of sp³-hybridized carbons (Fsp3) is 0.400. The van der Waals surface area contributed by atoms with Crippen LogP contribution >= 0.6 is 11.8 Å². The molecule has 0 heterocycles. The van der Waals surface area contributed by atoms with Gasteiger partial charge in [-0.25, -0.2) is 0 Å². The van der Waals surface area contributed by atoms with Crippen molar-refractivity contribution < 1.29 is 0 Å². The Morgan fingerprint density at radius 1 is 1.71 bits per heavy atom. The molecule has 0 aromatic carbocycles. The fourth-order valence-corrected chi connectivity index (χ4v) is 0.483. The summed E-state index contributed by atoms with van der Waals surface area (Å²) in [6.45, 7) is 3.95. The molecule has 0 aliphatic rings. The van der Waals surface area contributed by atoms with Gasteiger partial charge in [0, 0.05) is 0 Å². The van der Waals surface area contributed by atoms with Crippen molar-refractivity contribution in [3.63, 3.8) is 0 Å². The van der Waals surface area contributed by atoms with Crippen LogP contribution in [0.15, 0.2) is 11.0 Å². The first-order valence-corrected chi connectivity index (χ1v) is 2.97. The van der Waals surface area contributed by atoms with Gasteiger partial charge < -0.3 is 5.41 Å². The van der Waals surface area contributed by atoms with Crippen molar-refractivity contribution in [3.8, 4) is 0 Å². The summed E-state index contributed by atoms with van der Waals surface area (Å²) in [4.78, 5) is 1.18. The second-order valence-electron chi connectivity index (χ2n) is 1.14. The highest BCUT2D eigenvalue weighted by Gasteiger charge is 1.77. The maximum absolute atomic E-state index is 6.63. The topological polar surface area (TPSA) is 23.9 Å². The Bertz CT molecular complexity index is 86.1. The third-order valence-corrected chi connectivity index (χ3v) is 1.38. The summed E-state index contributed by atoms with van der Waals surface area (Å²) in [5.41, 5.74) is 1.33. The van der Waals surface area contributed by atoms with Crippen LogP contribution in [0, 0.1) is 5.41 Å². The molecule has 0 amide bonds. The minimum atomic E-state index is 1.18. The van der Waals surface area contributed by atoms with Crippen LogP contribution in [0.2, 0.25) is 0 Å². The normalized spacial score (nSPS) is 11.4. The van der Waals surface area contributed by atoms with Crippen molar-refractivity contribution in [2.45, 2.75) is 13.8 Å². The van der Waals surface area contributed by atoms with Gasteiger partial charge in [-0.3, -0.25) is 0 Å². The van der Waals surface area contributed by atoms with E-state index in [1.165, 1.54) is 22.2 Å². The van der Waals surface area contributed by atoms with Crippen LogP contribution in [0.3, 0.4) is 0 Å². The first kappa shape index (κ1) is 6.76. The Labute approximate surface area is 48.3 Å². The Balaban J connectivity index is 3.36. The lowest BCUT2D eigenvalue weighted by Gasteiger charge is -1.85. The van der Waals surface area contributed by atoms with Crippen molar-refractivity contribution in [1.29, 1.82) is 5.41 Å². The highest BCUT2D eigenvalue weighted by molar-refractivity contribution is 8.15. The molecule has 0 aromatic heterocycles. The predicted molar refractivity (Wildman–Crippen MR) is 35.8 cm³/mol. The van der Waals surface area contributed by atoms with E-state index in [0.29, 0.717) is 0 Å². The van der Waals surface area contributed by atoms with Crippen LogP contribution in [0.4, 0.5) is 0 Å². The molecular weight excluding hydrogens is 106 g/mol. The summed E-state index contributed by atoms with van der Waals surface area (Å²) in [5, 5.41) is 6.63. The van der Waals surface area contributed by atoms with E-state index in [4.69, 9.17) is 5.41 Å². The van der Waals surface area contributed by atoms with E-state index in [2.05, 4.69) is 0 Å². The fourth-order valence-electron chi connectivity index (χ4n) is 0.161. The summed E-state index contributed by atoms with van der Waals surface area (Å²) in [6, 6.07) is 0. The molecule has 0 unspecified atom stereocenters. The molecule has 0 atom stereocenters. The van der Waals surface area contributed by atoms with Gasteiger partial charge in [0.2, 0.25) is 0 Å². The second-order valence-corrected chi connectivity index (χ2v) is 2.25. The zero-order valence-electron chi connectivity index (χ0n) is 4.56. The summed E-state index contributed by atoms with van der Waals surface area (Å²) in [6.07, 6.45) is 1.98. The van der Waals surface area contributed by atoms with Crippen molar-refractivity contribution >= 4 is 17.3 Å². The largest absolute Gasteiger partial charge is 0.302 e. The van der Waals surface area contributed by atoms with Gasteiger partial charge in [0.15, 0.2) is 0 Å². The summed E-state index contributed by atoms with van der Waals surface area (Å²) < 4.78 is 0. The van der Waals surface area contributed by atoms with Gasteiger partial charge in [0.1, 0.15) is 0 Å². The molecule has 0 saturated carbocycles. The third kappa shape index (κ3) is 3.59. The van der Waals surface area contributed by atoms with E-state index in [1.807, 2.05) is 19.9 Å². The predicted octanol–water partition coefficient (Wildman–Crippen LogP) is 2.25. The highest BCUT2D eigenvalue weighted by atomic mass is 32.2. The van der Waals surface area contributed by atoms with E-state index >= 15 is 0 Å². The van der Waals surface area contributed by atoms with Crippen LogP contribution in [0.5, 0.6) is 0 Å². The highest BCUT2D eigenvalue weighted by Crippen LogP contribution is 2.08. The molecule has 0 saturated heterocycles. The molecule has 0 aliphatic carbocycles. The van der Waals surface area contributed by atoms with Gasteiger partial charge in [0.05, 0.1) is 5.55 Å². The number of rotatable bonds is 2. The number of thioether (sulfide) groups is 1. The van der Waals surface area contributed by atoms with E-state index < -0.39 is 0 Å². The Morgan fingerprint density at radius 2 is 2.29 bits per heavy atom. The molecule has 0 radical (unpaired) electrons. The minimum Gasteiger partial charge on any atom is -0.302 e. The van der Waals surface area contributed by atoms with Gasteiger partial charge in [-0.05, 0) is 18.8 Å². The van der Waals surface area contributed by atoms with Crippen molar-refractivity contribution in [2.24, 2.45) is 0 Å². The number of hydrogen-bond donors (Lipinski definition) is 1. The van der Waals surface area contributed by atoms with Crippen LogP contribution < -0.4 is 0 Å². The molecule has 2 heteroatoms. The SMILES string of the molecule is C/C=C(\C)SC=N. The molecule has 40 valence electrons. The number of allylic oxidation sites excluding steroid dienone is 2. The minimum absolute atomic E-state index is 1.18. The van der Waals surface area contributed by atoms with Crippen LogP contribution in [0.25, 0.3) is 0 Å². The lowest BCUT2D eigenvalue weighted by molar-refractivity contribution is 1.58. The van der Waals surface area contributed by atoms with Crippen molar-refractivity contribution in [1.82, 2.24) is 0 Å². The summed E-state index contributed by atoms with van der Waals surface area (Å²) in [5.74, 6) is 0. The zero-order chi connectivity index (χ0) is 5.70. The van der Waals surface area contributed by atoms with Crippen LogP contribution in [0.1, 0.15) is 13.8 Å². The quantitative estimate of drug-likeness (QED) is 0.433. The Hall–Kier alpha value is -0.240. The average Bonchev–Trinajstić information content (AvgIpc) is 1.68. The molecular formula is C5H9NS. The smallest absolute Gasteiger partial charge is 0.0551 e. The first-order chi connectivity index (χ1) is 3.31. The molecule has 0 aromatic rings. The zero-order valence-corrected chi connectivity index (χ0v) is 5.38. The number of hydrogen-bond acceptors (Lipinski definition) is 2. The van der Waals surface area contributed by atoms with E-state index in [-0.39, 0.29) is 0 Å². The second kappa shape index (κ2) is 3.93. The lowest BCUT2D eigenvalue weighted by atomic mass is 10.6. The van der Waals surface area contributed by atoms with Crippen LogP contribution in [-0.4, -0.2) is 5.55 Å². The molecule has 0 rings (SSSR count). The summed E-state index contributed by atoms with van der Waals surface area (Å²) in [7, 11) is 0. The van der Waals surface area contributed by atoms with Crippen LogP contribution in [-0.2, 0) is 0 Å². The van der Waals surface area contributed by atoms with Crippen molar-refractivity contribution in [2.75, 3.05) is 0 Å². The van der Waals surface area contributed by atoms with Gasteiger partial charge in [-0.2, -0.15) is 0 Å². The molecule has 1 N–H and O–H groups in total. The molecule has 0 bridgehead atoms. The summed E-state index contributed by atoms with van der Waals surface area (Å²) >= 11 is 1.43. The molecule has 0 aliphatic heterocycles. The molecule has 0 fully saturated rings. The lowest BCUT2D eigenvalue weighted by Crippen LogP contribution is -1.61. The Kier molecular flexibility index (Phi) is 3.80. The monoisotopic (exact) mass is 115 g/mol. The standard InChI is InChI=1S/C5H9NS/c1-3-5(2)7-4-6/h3-4,6H,1-2H3/b5-3+,6-4?. The average molecular weight is 115 g/mol. The van der Waals surface area contributed by atoms with E-state index in [1.54, 1.807) is 0 Å². The first-order valence-electron chi connectivity index (χ1n) is 2.09.